The molecular weight excluding hydrogens is 294 g/mol. The van der Waals surface area contributed by atoms with Crippen LogP contribution in [0, 0.1) is 0 Å². The minimum Gasteiger partial charge on any atom is -0.497 e. The Morgan fingerprint density at radius 3 is 2.83 bits per heavy atom. The molecule has 1 heterocycles. The first kappa shape index (κ1) is 15.1. The van der Waals surface area contributed by atoms with Gasteiger partial charge in [-0.2, -0.15) is 5.10 Å². The van der Waals surface area contributed by atoms with E-state index >= 15 is 0 Å². The van der Waals surface area contributed by atoms with E-state index in [1.54, 1.807) is 49.7 Å². The second-order valence-electron chi connectivity index (χ2n) is 5.14. The fourth-order valence-corrected chi connectivity index (χ4v) is 2.39. The van der Waals surface area contributed by atoms with Gasteiger partial charge in [-0.15, -0.1) is 0 Å². The number of aromatic amines is 1. The lowest BCUT2D eigenvalue weighted by Gasteiger charge is -2.13. The number of fused-ring (bicyclic) bond motifs is 1. The average molecular weight is 311 g/mol. The summed E-state index contributed by atoms with van der Waals surface area (Å²) in [5.74, 6) is 0.461. The van der Waals surface area contributed by atoms with Gasteiger partial charge in [-0.05, 0) is 23.8 Å². The van der Waals surface area contributed by atoms with Crippen molar-refractivity contribution in [1.82, 2.24) is 15.5 Å². The van der Waals surface area contributed by atoms with Crippen LogP contribution in [-0.4, -0.2) is 34.9 Å². The van der Waals surface area contributed by atoms with Gasteiger partial charge in [0.15, 0.2) is 0 Å². The minimum atomic E-state index is -0.786. The number of aliphatic hydroxyl groups excluding tert-OH is 1. The summed E-state index contributed by atoms with van der Waals surface area (Å²) in [6, 6.07) is 12.5. The first-order valence-corrected chi connectivity index (χ1v) is 7.21. The number of para-hydroxylation sites is 1. The number of hydrogen-bond donors (Lipinski definition) is 3. The highest BCUT2D eigenvalue weighted by Gasteiger charge is 2.14. The highest BCUT2D eigenvalue weighted by atomic mass is 16.5. The summed E-state index contributed by atoms with van der Waals surface area (Å²) < 4.78 is 5.08. The van der Waals surface area contributed by atoms with Gasteiger partial charge >= 0.3 is 0 Å². The molecule has 3 rings (SSSR count). The second-order valence-corrected chi connectivity index (χ2v) is 5.14. The van der Waals surface area contributed by atoms with E-state index < -0.39 is 6.10 Å². The Kier molecular flexibility index (Phi) is 4.25. The lowest BCUT2D eigenvalue weighted by atomic mass is 10.1. The van der Waals surface area contributed by atoms with Crippen LogP contribution in [0.4, 0.5) is 0 Å². The van der Waals surface area contributed by atoms with Gasteiger partial charge in [-0.25, -0.2) is 0 Å². The predicted octanol–water partition coefficient (Wildman–Crippen LogP) is 2.03. The van der Waals surface area contributed by atoms with E-state index in [4.69, 9.17) is 4.74 Å². The van der Waals surface area contributed by atoms with Crippen LogP contribution in [0.3, 0.4) is 0 Å². The molecule has 0 aliphatic carbocycles. The Hall–Kier alpha value is -2.86. The zero-order valence-electron chi connectivity index (χ0n) is 12.6. The molecule has 0 saturated carbocycles. The molecule has 6 nitrogen and oxygen atoms in total. The van der Waals surface area contributed by atoms with E-state index in [9.17, 15) is 9.90 Å². The number of ether oxygens (including phenoxy) is 1. The van der Waals surface area contributed by atoms with E-state index in [-0.39, 0.29) is 12.5 Å². The summed E-state index contributed by atoms with van der Waals surface area (Å²) in [6.07, 6.45) is 0.879. The zero-order chi connectivity index (χ0) is 16.2. The number of nitrogens with one attached hydrogen (secondary N) is 2. The Bertz CT molecular complexity index is 811. The highest BCUT2D eigenvalue weighted by molar-refractivity contribution is 6.05. The number of aliphatic hydroxyl groups is 1. The summed E-state index contributed by atoms with van der Waals surface area (Å²) in [7, 11) is 1.59. The van der Waals surface area contributed by atoms with E-state index in [0.717, 1.165) is 11.1 Å². The fraction of sp³-hybridized carbons (Fsp3) is 0.176. The lowest BCUT2D eigenvalue weighted by molar-refractivity contribution is 0.0917. The Balaban J connectivity index is 1.67. The minimum absolute atomic E-state index is 0.121. The standard InChI is InChI=1S/C17H17N3O3/c1-23-13-7-5-11(6-8-13)15(21)10-18-17(22)14-4-2-3-12-9-19-20-16(12)14/h2-9,15,21H,10H2,1H3,(H,18,22)(H,19,20). The maximum atomic E-state index is 12.3. The van der Waals surface area contributed by atoms with Crippen LogP contribution in [0.1, 0.15) is 22.0 Å². The molecule has 0 bridgehead atoms. The number of aromatic nitrogens is 2. The molecule has 0 radical (unpaired) electrons. The smallest absolute Gasteiger partial charge is 0.253 e. The Morgan fingerprint density at radius 1 is 1.30 bits per heavy atom. The molecule has 1 amide bonds. The molecule has 0 saturated heterocycles. The van der Waals surface area contributed by atoms with Crippen molar-refractivity contribution in [3.8, 4) is 5.75 Å². The number of rotatable bonds is 5. The van der Waals surface area contributed by atoms with Crippen molar-refractivity contribution in [2.75, 3.05) is 13.7 Å². The van der Waals surface area contributed by atoms with Gasteiger partial charge in [0.25, 0.3) is 5.91 Å². The summed E-state index contributed by atoms with van der Waals surface area (Å²) in [5.41, 5.74) is 1.90. The molecular formula is C17H17N3O3. The molecule has 118 valence electrons. The first-order valence-electron chi connectivity index (χ1n) is 7.21. The quantitative estimate of drug-likeness (QED) is 0.673. The number of hydrogen-bond acceptors (Lipinski definition) is 4. The molecule has 0 spiro atoms. The van der Waals surface area contributed by atoms with Crippen LogP contribution in [-0.2, 0) is 0 Å². The van der Waals surface area contributed by atoms with Crippen LogP contribution in [0.15, 0.2) is 48.7 Å². The number of nitrogens with zero attached hydrogens (tertiary/aromatic N) is 1. The van der Waals surface area contributed by atoms with Gasteiger partial charge in [0.1, 0.15) is 5.75 Å². The lowest BCUT2D eigenvalue weighted by Crippen LogP contribution is -2.28. The number of carbonyl (C=O) groups is 1. The summed E-state index contributed by atoms with van der Waals surface area (Å²) >= 11 is 0. The van der Waals surface area contributed by atoms with Crippen LogP contribution in [0.5, 0.6) is 5.75 Å². The second kappa shape index (κ2) is 6.50. The number of carbonyl (C=O) groups excluding carboxylic acids is 1. The van der Waals surface area contributed by atoms with E-state index in [1.165, 1.54) is 0 Å². The normalized spacial score (nSPS) is 12.1. The molecule has 0 aliphatic heterocycles. The third-order valence-electron chi connectivity index (χ3n) is 3.68. The molecule has 2 aromatic carbocycles. The van der Waals surface area contributed by atoms with Crippen molar-refractivity contribution >= 4 is 16.8 Å². The monoisotopic (exact) mass is 311 g/mol. The van der Waals surface area contributed by atoms with Crippen molar-refractivity contribution < 1.29 is 14.6 Å². The maximum absolute atomic E-state index is 12.3. The highest BCUT2D eigenvalue weighted by Crippen LogP contribution is 2.18. The van der Waals surface area contributed by atoms with E-state index in [1.807, 2.05) is 6.07 Å². The van der Waals surface area contributed by atoms with Gasteiger partial charge in [0.2, 0.25) is 0 Å². The molecule has 3 aromatic rings. The van der Waals surface area contributed by atoms with Crippen molar-refractivity contribution in [2.45, 2.75) is 6.10 Å². The van der Waals surface area contributed by atoms with Crippen LogP contribution >= 0.6 is 0 Å². The molecule has 0 aliphatic rings. The summed E-state index contributed by atoms with van der Waals surface area (Å²) in [4.78, 5) is 12.3. The first-order chi connectivity index (χ1) is 11.2. The number of benzene rings is 2. The maximum Gasteiger partial charge on any atom is 0.253 e. The number of methoxy groups -OCH3 is 1. The summed E-state index contributed by atoms with van der Waals surface area (Å²) in [6.45, 7) is 0.121. The molecule has 1 atom stereocenters. The van der Waals surface area contributed by atoms with E-state index in [0.29, 0.717) is 16.6 Å². The zero-order valence-corrected chi connectivity index (χ0v) is 12.6. The van der Waals surface area contributed by atoms with Crippen LogP contribution in [0.25, 0.3) is 10.9 Å². The van der Waals surface area contributed by atoms with Gasteiger partial charge in [-0.3, -0.25) is 9.89 Å². The fourth-order valence-electron chi connectivity index (χ4n) is 2.39. The van der Waals surface area contributed by atoms with Crippen LogP contribution in [0.2, 0.25) is 0 Å². The van der Waals surface area contributed by atoms with Gasteiger partial charge < -0.3 is 15.2 Å². The predicted molar refractivity (Wildman–Crippen MR) is 86.4 cm³/mol. The molecule has 1 unspecified atom stereocenters. The third kappa shape index (κ3) is 3.17. The SMILES string of the molecule is COc1ccc(C(O)CNC(=O)c2cccc3cn[nH]c23)cc1. The van der Waals surface area contributed by atoms with Crippen molar-refractivity contribution in [1.29, 1.82) is 0 Å². The van der Waals surface area contributed by atoms with Gasteiger partial charge in [-0.1, -0.05) is 24.3 Å². The number of amides is 1. The van der Waals surface area contributed by atoms with Crippen molar-refractivity contribution in [3.05, 3.63) is 59.8 Å². The molecule has 23 heavy (non-hydrogen) atoms. The molecule has 0 fully saturated rings. The molecule has 3 N–H and O–H groups in total. The Labute approximate surface area is 133 Å². The Morgan fingerprint density at radius 2 is 2.09 bits per heavy atom. The molecule has 1 aromatic heterocycles. The molecule has 6 heteroatoms. The largest absolute Gasteiger partial charge is 0.497 e. The van der Waals surface area contributed by atoms with Crippen LogP contribution < -0.4 is 10.1 Å². The average Bonchev–Trinajstić information content (AvgIpc) is 3.08. The topological polar surface area (TPSA) is 87.2 Å². The van der Waals surface area contributed by atoms with Crippen molar-refractivity contribution in [2.24, 2.45) is 0 Å². The van der Waals surface area contributed by atoms with E-state index in [2.05, 4.69) is 15.5 Å². The van der Waals surface area contributed by atoms with Gasteiger partial charge in [0.05, 0.1) is 30.5 Å². The number of H-pyrrole nitrogens is 1. The third-order valence-corrected chi connectivity index (χ3v) is 3.68. The van der Waals surface area contributed by atoms with Gasteiger partial charge in [0, 0.05) is 11.9 Å². The summed E-state index contributed by atoms with van der Waals surface area (Å²) in [5, 5.41) is 20.5. The van der Waals surface area contributed by atoms with Crippen molar-refractivity contribution in [3.63, 3.8) is 0 Å².